The highest BCUT2D eigenvalue weighted by molar-refractivity contribution is 9.08. The molecule has 0 aliphatic heterocycles. The lowest BCUT2D eigenvalue weighted by atomic mass is 10.1. The largest absolute Gasteiger partial charge is 0.287 e. The van der Waals surface area contributed by atoms with E-state index in [9.17, 15) is 8.42 Å². The van der Waals surface area contributed by atoms with Gasteiger partial charge in [-0.05, 0) is 39.0 Å². The van der Waals surface area contributed by atoms with Gasteiger partial charge in [0.2, 0.25) is 0 Å². The zero-order valence-corrected chi connectivity index (χ0v) is 17.4. The maximum absolute atomic E-state index is 13.3. The number of nitrogens with zero attached hydrogens (tertiary/aromatic N) is 2. The Kier molecular flexibility index (Phi) is 5.08. The van der Waals surface area contributed by atoms with Gasteiger partial charge in [-0.3, -0.25) is 4.99 Å². The second-order valence-corrected chi connectivity index (χ2v) is 9.37. The SMILES string of the molecule is CC(C)(C)N=Cc1c(CBr)n(S(=O)(=O)c2ccccc2)c2ccccc12. The van der Waals surface area contributed by atoms with Crippen LogP contribution in [0.15, 0.2) is 64.5 Å². The molecule has 3 aromatic rings. The summed E-state index contributed by atoms with van der Waals surface area (Å²) in [5.74, 6) is 0. The van der Waals surface area contributed by atoms with Gasteiger partial charge in [0.15, 0.2) is 0 Å². The Balaban J connectivity index is 2.35. The molecule has 0 aliphatic carbocycles. The Morgan fingerprint density at radius 1 is 1.04 bits per heavy atom. The first-order valence-electron chi connectivity index (χ1n) is 8.30. The molecule has 0 bridgehead atoms. The Labute approximate surface area is 162 Å². The summed E-state index contributed by atoms with van der Waals surface area (Å²) in [5, 5.41) is 1.27. The van der Waals surface area contributed by atoms with Crippen LogP contribution in [-0.4, -0.2) is 24.1 Å². The van der Waals surface area contributed by atoms with Gasteiger partial charge in [-0.2, -0.15) is 0 Å². The highest BCUT2D eigenvalue weighted by atomic mass is 79.9. The minimum Gasteiger partial charge on any atom is -0.287 e. The zero-order valence-electron chi connectivity index (χ0n) is 15.0. The number of para-hydroxylation sites is 1. The Morgan fingerprint density at radius 2 is 1.65 bits per heavy atom. The molecule has 1 aromatic heterocycles. The molecular formula is C20H21BrN2O2S. The van der Waals surface area contributed by atoms with Crippen molar-refractivity contribution in [3.63, 3.8) is 0 Å². The highest BCUT2D eigenvalue weighted by Gasteiger charge is 2.25. The number of rotatable bonds is 4. The normalized spacial score (nSPS) is 12.9. The summed E-state index contributed by atoms with van der Waals surface area (Å²) >= 11 is 3.48. The van der Waals surface area contributed by atoms with Crippen LogP contribution >= 0.6 is 15.9 Å². The van der Waals surface area contributed by atoms with Gasteiger partial charge >= 0.3 is 0 Å². The summed E-state index contributed by atoms with van der Waals surface area (Å²) in [7, 11) is -3.72. The third-order valence-corrected chi connectivity index (χ3v) is 6.25. The van der Waals surface area contributed by atoms with E-state index in [0.29, 0.717) is 16.5 Å². The lowest BCUT2D eigenvalue weighted by Crippen LogP contribution is -2.16. The van der Waals surface area contributed by atoms with Crippen LogP contribution in [-0.2, 0) is 15.4 Å². The average Bonchev–Trinajstić information content (AvgIpc) is 2.94. The Hall–Kier alpha value is -1.92. The molecule has 3 rings (SSSR count). The average molecular weight is 433 g/mol. The van der Waals surface area contributed by atoms with Crippen LogP contribution in [0, 0.1) is 0 Å². The third-order valence-electron chi connectivity index (χ3n) is 3.96. The zero-order chi connectivity index (χ0) is 18.9. The molecule has 0 radical (unpaired) electrons. The number of fused-ring (bicyclic) bond motifs is 1. The topological polar surface area (TPSA) is 51.4 Å². The van der Waals surface area contributed by atoms with Gasteiger partial charge in [0.05, 0.1) is 21.6 Å². The molecule has 0 unspecified atom stereocenters. The molecule has 2 aromatic carbocycles. The van der Waals surface area contributed by atoms with E-state index >= 15 is 0 Å². The summed E-state index contributed by atoms with van der Waals surface area (Å²) in [6.07, 6.45) is 1.79. The number of hydrogen-bond donors (Lipinski definition) is 0. The van der Waals surface area contributed by atoms with Crippen LogP contribution in [0.2, 0.25) is 0 Å². The third kappa shape index (κ3) is 3.48. The fraction of sp³-hybridized carbons (Fsp3) is 0.250. The van der Waals surface area contributed by atoms with E-state index in [1.807, 2.05) is 45.0 Å². The van der Waals surface area contributed by atoms with Crippen molar-refractivity contribution in [2.75, 3.05) is 0 Å². The molecule has 0 aliphatic rings. The van der Waals surface area contributed by atoms with Crippen molar-refractivity contribution in [2.45, 2.75) is 36.5 Å². The number of alkyl halides is 1. The Morgan fingerprint density at radius 3 is 2.27 bits per heavy atom. The van der Waals surface area contributed by atoms with Gasteiger partial charge in [-0.15, -0.1) is 0 Å². The van der Waals surface area contributed by atoms with Gasteiger partial charge in [-0.25, -0.2) is 12.4 Å². The summed E-state index contributed by atoms with van der Waals surface area (Å²) in [5.41, 5.74) is 1.90. The fourth-order valence-corrected chi connectivity index (χ4v) is 5.09. The first kappa shape index (κ1) is 18.9. The summed E-state index contributed by atoms with van der Waals surface area (Å²) < 4.78 is 28.1. The van der Waals surface area contributed by atoms with Gasteiger partial charge in [0.25, 0.3) is 10.0 Å². The van der Waals surface area contributed by atoms with Crippen LogP contribution in [0.1, 0.15) is 32.0 Å². The van der Waals surface area contributed by atoms with Crippen LogP contribution in [0.5, 0.6) is 0 Å². The molecule has 4 nitrogen and oxygen atoms in total. The highest BCUT2D eigenvalue weighted by Crippen LogP contribution is 2.31. The quantitative estimate of drug-likeness (QED) is 0.430. The standard InChI is InChI=1S/C20H21BrN2O2S/c1-20(2,3)22-14-17-16-11-7-8-12-18(16)23(19(17)13-21)26(24,25)15-9-5-4-6-10-15/h4-12,14H,13H2,1-3H3. The van der Waals surface area contributed by atoms with E-state index in [1.165, 1.54) is 3.97 Å². The maximum Gasteiger partial charge on any atom is 0.268 e. The second kappa shape index (κ2) is 7.00. The predicted octanol–water partition coefficient (Wildman–Crippen LogP) is 4.99. The van der Waals surface area contributed by atoms with E-state index in [4.69, 9.17) is 0 Å². The van der Waals surface area contributed by atoms with Crippen LogP contribution in [0.4, 0.5) is 0 Å². The first-order valence-corrected chi connectivity index (χ1v) is 10.9. The minimum atomic E-state index is -3.72. The van der Waals surface area contributed by atoms with Crippen molar-refractivity contribution in [3.05, 3.63) is 65.9 Å². The van der Waals surface area contributed by atoms with Crippen molar-refractivity contribution >= 4 is 43.1 Å². The van der Waals surface area contributed by atoms with Gasteiger partial charge in [-0.1, -0.05) is 52.3 Å². The number of aliphatic imine (C=N–C) groups is 1. The van der Waals surface area contributed by atoms with Crippen LogP contribution in [0.3, 0.4) is 0 Å². The lowest BCUT2D eigenvalue weighted by Gasteiger charge is -2.12. The van der Waals surface area contributed by atoms with E-state index in [-0.39, 0.29) is 10.4 Å². The number of halogens is 1. The summed E-state index contributed by atoms with van der Waals surface area (Å²) in [6, 6.07) is 16.0. The first-order chi connectivity index (χ1) is 12.3. The van der Waals surface area contributed by atoms with E-state index < -0.39 is 10.0 Å². The fourth-order valence-electron chi connectivity index (χ4n) is 2.79. The lowest BCUT2D eigenvalue weighted by molar-refractivity contribution is 0.586. The molecule has 0 saturated carbocycles. The van der Waals surface area contributed by atoms with Crippen LogP contribution in [0.25, 0.3) is 10.9 Å². The molecule has 0 fully saturated rings. The van der Waals surface area contributed by atoms with Crippen molar-refractivity contribution < 1.29 is 8.42 Å². The van der Waals surface area contributed by atoms with Crippen LogP contribution < -0.4 is 0 Å². The molecular weight excluding hydrogens is 412 g/mol. The summed E-state index contributed by atoms with van der Waals surface area (Å²) in [4.78, 5) is 4.87. The number of aromatic nitrogens is 1. The molecule has 136 valence electrons. The minimum absolute atomic E-state index is 0.245. The molecule has 0 amide bonds. The Bertz CT molecular complexity index is 1060. The molecule has 0 saturated heterocycles. The molecule has 0 spiro atoms. The number of benzene rings is 2. The van der Waals surface area contributed by atoms with Gasteiger partial charge in [0.1, 0.15) is 0 Å². The molecule has 1 heterocycles. The second-order valence-electron chi connectivity index (χ2n) is 7.02. The predicted molar refractivity (Wildman–Crippen MR) is 111 cm³/mol. The summed E-state index contributed by atoms with van der Waals surface area (Å²) in [6.45, 7) is 6.03. The van der Waals surface area contributed by atoms with Gasteiger partial charge < -0.3 is 0 Å². The van der Waals surface area contributed by atoms with E-state index in [1.54, 1.807) is 36.5 Å². The van der Waals surface area contributed by atoms with Gasteiger partial charge in [0, 0.05) is 22.5 Å². The van der Waals surface area contributed by atoms with E-state index in [0.717, 1.165) is 10.9 Å². The molecule has 6 heteroatoms. The monoisotopic (exact) mass is 432 g/mol. The molecule has 26 heavy (non-hydrogen) atoms. The molecule has 0 N–H and O–H groups in total. The van der Waals surface area contributed by atoms with Crippen molar-refractivity contribution in [1.82, 2.24) is 3.97 Å². The maximum atomic E-state index is 13.3. The van der Waals surface area contributed by atoms with Crippen molar-refractivity contribution in [2.24, 2.45) is 4.99 Å². The van der Waals surface area contributed by atoms with E-state index in [2.05, 4.69) is 20.9 Å². The smallest absolute Gasteiger partial charge is 0.268 e. The van der Waals surface area contributed by atoms with Crippen molar-refractivity contribution in [3.8, 4) is 0 Å². The molecule has 0 atom stereocenters. The number of hydrogen-bond acceptors (Lipinski definition) is 3. The van der Waals surface area contributed by atoms with Crippen molar-refractivity contribution in [1.29, 1.82) is 0 Å².